The first kappa shape index (κ1) is 20.2. The van der Waals surface area contributed by atoms with Crippen LogP contribution >= 0.6 is 0 Å². The molecule has 6 rings (SSSR count). The lowest BCUT2D eigenvalue weighted by Crippen LogP contribution is -2.77. The maximum Gasteiger partial charge on any atom is 0.475 e. The number of hydrogen-bond acceptors (Lipinski definition) is 11. The maximum atomic E-state index is 6.61. The van der Waals surface area contributed by atoms with Crippen LogP contribution in [0.15, 0.2) is 0 Å². The molecule has 0 aliphatic carbocycles. The average Bonchev–Trinajstić information content (AvgIpc) is 2.35. The van der Waals surface area contributed by atoms with Gasteiger partial charge in [-0.2, -0.15) is 0 Å². The summed E-state index contributed by atoms with van der Waals surface area (Å²) in [7, 11) is -26.0. The molecule has 8 atom stereocenters. The summed E-state index contributed by atoms with van der Waals surface area (Å²) in [5, 5.41) is 0. The number of rotatable bonds is 0. The molecule has 0 N–H and O–H groups in total. The van der Waals surface area contributed by atoms with E-state index in [9.17, 15) is 0 Å². The lowest BCUT2D eigenvalue weighted by Gasteiger charge is -2.52. The van der Waals surface area contributed by atoms with Crippen molar-refractivity contribution in [3.8, 4) is 0 Å². The Hall–Kier alpha value is 1.30. The summed E-state index contributed by atoms with van der Waals surface area (Å²) in [6, 6.07) is 0. The molecule has 0 spiro atoms. The summed E-state index contributed by atoms with van der Waals surface area (Å²) in [6.07, 6.45) is 0. The molecule has 27 heavy (non-hydrogen) atoms. The summed E-state index contributed by atoms with van der Waals surface area (Å²) in [5.41, 5.74) is 0. The molecule has 0 radical (unpaired) electrons. The van der Waals surface area contributed by atoms with Gasteiger partial charge in [0, 0.05) is 39.3 Å². The summed E-state index contributed by atoms with van der Waals surface area (Å²) in [5.74, 6) is 0. The molecule has 19 heteroatoms. The zero-order valence-electron chi connectivity index (χ0n) is 16.5. The van der Waals surface area contributed by atoms with Crippen molar-refractivity contribution in [2.45, 2.75) is 52.4 Å². The third kappa shape index (κ3) is 3.00. The van der Waals surface area contributed by atoms with Crippen LogP contribution in [0.2, 0.25) is 52.4 Å². The molecular formula is C8H24O11Si8. The zero-order chi connectivity index (χ0) is 19.8. The smallest absolute Gasteiger partial charge is 0.394 e. The second kappa shape index (κ2) is 5.19. The van der Waals surface area contributed by atoms with Crippen LogP contribution in [0.25, 0.3) is 0 Å². The Morgan fingerprint density at radius 2 is 0.407 bits per heavy atom. The van der Waals surface area contributed by atoms with Crippen molar-refractivity contribution in [3.05, 3.63) is 0 Å². The van der Waals surface area contributed by atoms with Crippen LogP contribution in [-0.4, -0.2) is 69.0 Å². The van der Waals surface area contributed by atoms with Crippen molar-refractivity contribution in [2.24, 2.45) is 0 Å². The average molecular weight is 521 g/mol. The highest BCUT2D eigenvalue weighted by Gasteiger charge is 2.82. The van der Waals surface area contributed by atoms with E-state index in [1.807, 2.05) is 39.3 Å². The van der Waals surface area contributed by atoms with E-state index in [0.717, 1.165) is 0 Å². The third-order valence-electron chi connectivity index (χ3n) is 4.94. The van der Waals surface area contributed by atoms with Crippen LogP contribution < -0.4 is 0 Å². The van der Waals surface area contributed by atoms with Crippen LogP contribution in [0, 0.1) is 0 Å². The van der Waals surface area contributed by atoms with Gasteiger partial charge in [-0.05, 0) is 13.1 Å². The highest BCUT2D eigenvalue weighted by atomic mass is 29.3. The van der Waals surface area contributed by atoms with Crippen molar-refractivity contribution in [3.63, 3.8) is 0 Å². The van der Waals surface area contributed by atoms with Crippen molar-refractivity contribution in [1.29, 1.82) is 0 Å². The van der Waals surface area contributed by atoms with Gasteiger partial charge in [-0.15, -0.1) is 0 Å². The van der Waals surface area contributed by atoms with Crippen LogP contribution in [0.5, 0.6) is 0 Å². The largest absolute Gasteiger partial charge is 0.475 e. The van der Waals surface area contributed by atoms with Gasteiger partial charge >= 0.3 is 69.0 Å². The minimum Gasteiger partial charge on any atom is -0.394 e. The fraction of sp³-hybridized carbons (Fsp3) is 1.00. The normalized spacial score (nSPS) is 67.6. The molecule has 6 heterocycles. The van der Waals surface area contributed by atoms with Crippen LogP contribution in [0.1, 0.15) is 0 Å². The van der Waals surface area contributed by atoms with Gasteiger partial charge in [0.2, 0.25) is 0 Å². The van der Waals surface area contributed by atoms with Crippen LogP contribution in [-0.2, 0) is 45.3 Å². The van der Waals surface area contributed by atoms with E-state index < -0.39 is 69.0 Å². The Morgan fingerprint density at radius 1 is 0.259 bits per heavy atom. The lowest BCUT2D eigenvalue weighted by atomic mass is 11.9. The van der Waals surface area contributed by atoms with Gasteiger partial charge in [0.05, 0.1) is 0 Å². The Kier molecular flexibility index (Phi) is 3.89. The molecule has 154 valence electrons. The summed E-state index contributed by atoms with van der Waals surface area (Å²) >= 11 is 0. The van der Waals surface area contributed by atoms with Crippen molar-refractivity contribution < 1.29 is 45.3 Å². The van der Waals surface area contributed by atoms with E-state index in [-0.39, 0.29) is 0 Å². The Balaban J connectivity index is 1.84. The van der Waals surface area contributed by atoms with E-state index in [2.05, 4.69) is 0 Å². The molecule has 8 bridgehead atoms. The molecule has 6 fully saturated rings. The van der Waals surface area contributed by atoms with Crippen LogP contribution in [0.3, 0.4) is 0 Å². The predicted molar refractivity (Wildman–Crippen MR) is 105 cm³/mol. The fourth-order valence-electron chi connectivity index (χ4n) is 4.56. The first-order chi connectivity index (χ1) is 12.0. The second-order valence-corrected chi connectivity index (χ2v) is 36.8. The summed E-state index contributed by atoms with van der Waals surface area (Å²) < 4.78 is 71.4. The minimum atomic E-state index is -3.32. The predicted octanol–water partition coefficient (Wildman–Crippen LogP) is 0.872. The first-order valence-corrected chi connectivity index (χ1v) is 27.7. The van der Waals surface area contributed by atoms with E-state index in [1.54, 1.807) is 13.1 Å². The maximum absolute atomic E-state index is 6.61. The van der Waals surface area contributed by atoms with Gasteiger partial charge in [-0.1, -0.05) is 0 Å². The van der Waals surface area contributed by atoms with Crippen molar-refractivity contribution >= 4 is 69.0 Å². The van der Waals surface area contributed by atoms with Gasteiger partial charge in [0.25, 0.3) is 0 Å². The molecule has 0 aromatic heterocycles. The Morgan fingerprint density at radius 3 is 0.593 bits per heavy atom. The molecule has 0 aromatic carbocycles. The van der Waals surface area contributed by atoms with Gasteiger partial charge in [0.15, 0.2) is 0 Å². The highest BCUT2D eigenvalue weighted by Crippen LogP contribution is 2.50. The van der Waals surface area contributed by atoms with E-state index in [4.69, 9.17) is 45.3 Å². The fourth-order valence-corrected chi connectivity index (χ4v) is 61.9. The van der Waals surface area contributed by atoms with Crippen LogP contribution in [0.4, 0.5) is 0 Å². The monoisotopic (exact) mass is 520 g/mol. The second-order valence-electron chi connectivity index (χ2n) is 8.19. The van der Waals surface area contributed by atoms with Gasteiger partial charge < -0.3 is 45.3 Å². The van der Waals surface area contributed by atoms with E-state index in [0.29, 0.717) is 0 Å². The lowest BCUT2D eigenvalue weighted by molar-refractivity contribution is 0.0359. The molecule has 0 amide bonds. The highest BCUT2D eigenvalue weighted by molar-refractivity contribution is 7.37. The van der Waals surface area contributed by atoms with E-state index >= 15 is 0 Å². The topological polar surface area (TPSA) is 102 Å². The van der Waals surface area contributed by atoms with E-state index in [1.165, 1.54) is 0 Å². The molecule has 6 aliphatic heterocycles. The molecule has 0 aromatic rings. The first-order valence-electron chi connectivity index (χ1n) is 8.74. The molecule has 6 aliphatic rings. The van der Waals surface area contributed by atoms with Gasteiger partial charge in [0.1, 0.15) is 0 Å². The molecular weight excluding hydrogens is 497 g/mol. The third-order valence-corrected chi connectivity index (χ3v) is 48.1. The van der Waals surface area contributed by atoms with Crippen molar-refractivity contribution in [2.75, 3.05) is 0 Å². The quantitative estimate of drug-likeness (QED) is 0.425. The summed E-state index contributed by atoms with van der Waals surface area (Å²) in [6.45, 7) is 14.7. The molecule has 6 unspecified atom stereocenters. The van der Waals surface area contributed by atoms with Crippen molar-refractivity contribution in [1.82, 2.24) is 0 Å². The van der Waals surface area contributed by atoms with Gasteiger partial charge in [-0.3, -0.25) is 0 Å². The SMILES string of the molecule is C[Si]12O[Si]3(C)O[Si]4(C)O[Si](C)(O1)O[Si@@]1(C)O[Si](C)(O2)O[Si](C)(O3)[Si@@](C)(O4)O1. The standard InChI is InChI=1S/C8H24O11Si8/c1-20-9-21(2)12-24(5)14-22(3,10-20)16-26(7)17-23(4,11-20)15-25(6,13-21)19-27(26,8)18-24/h1-8H3/t20?,21?,22-,23?,24?,25?,26+,27?/m0/s1. The zero-order valence-corrected chi connectivity index (χ0v) is 24.5. The number of hydrogen-bond donors (Lipinski definition) is 0. The molecule has 6 saturated heterocycles. The summed E-state index contributed by atoms with van der Waals surface area (Å²) in [4.78, 5) is 0. The Labute approximate surface area is 166 Å². The Bertz CT molecular complexity index is 630. The van der Waals surface area contributed by atoms with Gasteiger partial charge in [-0.25, -0.2) is 0 Å². The molecule has 0 saturated carbocycles. The molecule has 11 nitrogen and oxygen atoms in total. The minimum absolute atomic E-state index is 1.79.